The monoisotopic (exact) mass is 413 g/mol. The van der Waals surface area contributed by atoms with Crippen LogP contribution in [0.2, 0.25) is 0 Å². The quantitative estimate of drug-likeness (QED) is 0.522. The Labute approximate surface area is 173 Å². The van der Waals surface area contributed by atoms with Crippen molar-refractivity contribution in [1.82, 2.24) is 0 Å². The molecule has 2 aromatic rings. The summed E-state index contributed by atoms with van der Waals surface area (Å²) >= 11 is 0. The normalized spacial score (nSPS) is 26.1. The molecule has 0 unspecified atom stereocenters. The van der Waals surface area contributed by atoms with Crippen molar-refractivity contribution >= 4 is 5.78 Å². The van der Waals surface area contributed by atoms with E-state index in [0.717, 1.165) is 0 Å². The molecule has 0 aliphatic carbocycles. The molecule has 1 aliphatic rings. The predicted molar refractivity (Wildman–Crippen MR) is 105 cm³/mol. The van der Waals surface area contributed by atoms with Crippen LogP contribution in [0, 0.1) is 25.2 Å². The smallest absolute Gasteiger partial charge is 0.229 e. The highest BCUT2D eigenvalue weighted by molar-refractivity contribution is 6.10. The van der Waals surface area contributed by atoms with Crippen molar-refractivity contribution in [2.45, 2.75) is 44.6 Å². The first-order valence-corrected chi connectivity index (χ1v) is 9.40. The fourth-order valence-electron chi connectivity index (χ4n) is 3.49. The van der Waals surface area contributed by atoms with Gasteiger partial charge in [0.05, 0.1) is 18.2 Å². The average molecular weight is 413 g/mol. The third kappa shape index (κ3) is 4.21. The first-order valence-electron chi connectivity index (χ1n) is 9.40. The molecule has 1 heterocycles. The summed E-state index contributed by atoms with van der Waals surface area (Å²) < 4.78 is 11.0. The molecule has 30 heavy (non-hydrogen) atoms. The molecule has 8 nitrogen and oxygen atoms in total. The van der Waals surface area contributed by atoms with Crippen molar-refractivity contribution in [3.63, 3.8) is 0 Å². The summed E-state index contributed by atoms with van der Waals surface area (Å²) in [5, 5.41) is 48.1. The van der Waals surface area contributed by atoms with Gasteiger partial charge in [-0.05, 0) is 61.4 Å². The third-order valence-electron chi connectivity index (χ3n) is 5.11. The SMILES string of the molecule is Cc1cc(O[C@@H]2O[C@H](CO)[C@@H](O)[C@H](O)[C@@H]2O)cc(C)c1C(=O)c1ccc(C#N)cc1. The number of rotatable bonds is 5. The van der Waals surface area contributed by atoms with Crippen molar-refractivity contribution in [1.29, 1.82) is 5.26 Å². The second-order valence-electron chi connectivity index (χ2n) is 7.27. The molecule has 0 radical (unpaired) electrons. The van der Waals surface area contributed by atoms with Gasteiger partial charge in [-0.1, -0.05) is 0 Å². The van der Waals surface area contributed by atoms with Crippen molar-refractivity contribution in [3.05, 3.63) is 64.2 Å². The average Bonchev–Trinajstić information content (AvgIpc) is 2.73. The molecule has 1 aliphatic heterocycles. The molecular formula is C22H23NO7. The second-order valence-corrected chi connectivity index (χ2v) is 7.27. The summed E-state index contributed by atoms with van der Waals surface area (Å²) in [6, 6.07) is 11.6. The Morgan fingerprint density at radius 2 is 1.67 bits per heavy atom. The summed E-state index contributed by atoms with van der Waals surface area (Å²) in [6.45, 7) is 2.93. The Hall–Kier alpha value is -2.80. The molecule has 1 fully saturated rings. The van der Waals surface area contributed by atoms with Crippen LogP contribution in [0.5, 0.6) is 5.75 Å². The summed E-state index contributed by atoms with van der Waals surface area (Å²) in [6.07, 6.45) is -6.92. The zero-order valence-electron chi connectivity index (χ0n) is 16.5. The molecule has 0 amide bonds. The summed E-state index contributed by atoms with van der Waals surface area (Å²) in [4.78, 5) is 12.9. The number of hydrogen-bond acceptors (Lipinski definition) is 8. The fraction of sp³-hybridized carbons (Fsp3) is 0.364. The lowest BCUT2D eigenvalue weighted by atomic mass is 9.94. The highest BCUT2D eigenvalue weighted by atomic mass is 16.7. The number of aliphatic hydroxyl groups excluding tert-OH is 4. The Balaban J connectivity index is 1.84. The summed E-state index contributed by atoms with van der Waals surface area (Å²) in [5.74, 6) is 0.0968. The van der Waals surface area contributed by atoms with Crippen LogP contribution >= 0.6 is 0 Å². The number of ether oxygens (including phenoxy) is 2. The molecule has 3 rings (SSSR count). The fourth-order valence-corrected chi connectivity index (χ4v) is 3.49. The zero-order chi connectivity index (χ0) is 22.0. The lowest BCUT2D eigenvalue weighted by molar-refractivity contribution is -0.277. The number of nitrogens with zero attached hydrogens (tertiary/aromatic N) is 1. The van der Waals surface area contributed by atoms with Crippen LogP contribution in [0.4, 0.5) is 0 Å². The number of benzene rings is 2. The van der Waals surface area contributed by atoms with Crippen molar-refractivity contribution in [2.24, 2.45) is 0 Å². The van der Waals surface area contributed by atoms with E-state index in [2.05, 4.69) is 0 Å². The zero-order valence-corrected chi connectivity index (χ0v) is 16.5. The van der Waals surface area contributed by atoms with Crippen LogP contribution in [0.1, 0.15) is 32.6 Å². The maximum absolute atomic E-state index is 12.9. The molecule has 0 spiro atoms. The van der Waals surface area contributed by atoms with Crippen LogP contribution in [0.25, 0.3) is 0 Å². The van der Waals surface area contributed by atoms with Gasteiger partial charge in [0.15, 0.2) is 5.78 Å². The van der Waals surface area contributed by atoms with E-state index in [-0.39, 0.29) is 5.78 Å². The molecule has 1 saturated heterocycles. The number of ketones is 1. The Bertz CT molecular complexity index is 941. The van der Waals surface area contributed by atoms with E-state index in [1.165, 1.54) is 0 Å². The van der Waals surface area contributed by atoms with Crippen molar-refractivity contribution < 1.29 is 34.7 Å². The number of aryl methyl sites for hydroxylation is 2. The van der Waals surface area contributed by atoms with Crippen LogP contribution in [0.15, 0.2) is 36.4 Å². The maximum Gasteiger partial charge on any atom is 0.229 e. The number of hydrogen-bond donors (Lipinski definition) is 4. The molecule has 4 N–H and O–H groups in total. The minimum Gasteiger partial charge on any atom is -0.462 e. The van der Waals surface area contributed by atoms with Gasteiger partial charge in [0.25, 0.3) is 0 Å². The van der Waals surface area contributed by atoms with Gasteiger partial charge in [0.2, 0.25) is 6.29 Å². The summed E-state index contributed by atoms with van der Waals surface area (Å²) in [5.41, 5.74) is 2.65. The van der Waals surface area contributed by atoms with Crippen molar-refractivity contribution in [3.8, 4) is 11.8 Å². The lowest BCUT2D eigenvalue weighted by Crippen LogP contribution is -2.60. The van der Waals surface area contributed by atoms with Gasteiger partial charge in [0.1, 0.15) is 30.2 Å². The Morgan fingerprint density at radius 1 is 1.07 bits per heavy atom. The highest BCUT2D eigenvalue weighted by Crippen LogP contribution is 2.28. The topological polar surface area (TPSA) is 140 Å². The lowest BCUT2D eigenvalue weighted by Gasteiger charge is -2.39. The molecule has 0 aromatic heterocycles. The Kier molecular flexibility index (Phi) is 6.51. The van der Waals surface area contributed by atoms with E-state index in [0.29, 0.717) is 33.6 Å². The molecule has 2 aromatic carbocycles. The predicted octanol–water partition coefficient (Wildman–Crippen LogP) is 0.585. The maximum atomic E-state index is 12.9. The minimum atomic E-state index is -1.54. The van der Waals surface area contributed by atoms with E-state index in [1.807, 2.05) is 6.07 Å². The van der Waals surface area contributed by atoms with Gasteiger partial charge < -0.3 is 29.9 Å². The van der Waals surface area contributed by atoms with Gasteiger partial charge in [0, 0.05) is 11.1 Å². The summed E-state index contributed by atoms with van der Waals surface area (Å²) in [7, 11) is 0. The van der Waals surface area contributed by atoms with Crippen LogP contribution in [-0.4, -0.2) is 63.5 Å². The van der Waals surface area contributed by atoms with Gasteiger partial charge in [-0.25, -0.2) is 0 Å². The van der Waals surface area contributed by atoms with Gasteiger partial charge >= 0.3 is 0 Å². The second kappa shape index (κ2) is 8.92. The van der Waals surface area contributed by atoms with Crippen LogP contribution in [0.3, 0.4) is 0 Å². The van der Waals surface area contributed by atoms with E-state index < -0.39 is 37.3 Å². The van der Waals surface area contributed by atoms with Gasteiger partial charge in [-0.15, -0.1) is 0 Å². The molecule has 8 heteroatoms. The standard InChI is InChI=1S/C22H23NO7/c1-11-7-15(29-22-21(28)20(27)19(26)16(10-24)30-22)8-12(2)17(11)18(25)14-5-3-13(9-23)4-6-14/h3-8,16,19-22,24,26-28H,10H2,1-2H3/t16-,19-,20+,21+,22-/m1/s1. The number of carbonyl (C=O) groups is 1. The number of aliphatic hydroxyl groups is 4. The first-order chi connectivity index (χ1) is 14.3. The van der Waals surface area contributed by atoms with E-state index in [1.54, 1.807) is 50.2 Å². The third-order valence-corrected chi connectivity index (χ3v) is 5.11. The Morgan fingerprint density at radius 3 is 2.20 bits per heavy atom. The van der Waals surface area contributed by atoms with Crippen LogP contribution < -0.4 is 4.74 Å². The number of carbonyl (C=O) groups excluding carboxylic acids is 1. The van der Waals surface area contributed by atoms with E-state index in [4.69, 9.17) is 14.7 Å². The molecule has 5 atom stereocenters. The van der Waals surface area contributed by atoms with E-state index >= 15 is 0 Å². The molecule has 0 bridgehead atoms. The minimum absolute atomic E-state index is 0.200. The number of nitriles is 1. The van der Waals surface area contributed by atoms with Gasteiger partial charge in [-0.2, -0.15) is 5.26 Å². The first kappa shape index (κ1) is 21.9. The van der Waals surface area contributed by atoms with E-state index in [9.17, 15) is 25.2 Å². The van der Waals surface area contributed by atoms with Crippen molar-refractivity contribution in [2.75, 3.05) is 6.61 Å². The molecule has 0 saturated carbocycles. The van der Waals surface area contributed by atoms with Gasteiger partial charge in [-0.3, -0.25) is 4.79 Å². The largest absolute Gasteiger partial charge is 0.462 e. The molecular weight excluding hydrogens is 390 g/mol. The molecule has 158 valence electrons. The van der Waals surface area contributed by atoms with Crippen LogP contribution in [-0.2, 0) is 4.74 Å². The highest BCUT2D eigenvalue weighted by Gasteiger charge is 2.44.